The lowest BCUT2D eigenvalue weighted by molar-refractivity contribution is -0.0806. The molecule has 2 nitrogen and oxygen atoms in total. The highest BCUT2D eigenvalue weighted by molar-refractivity contribution is 4.92. The highest BCUT2D eigenvalue weighted by Crippen LogP contribution is 2.32. The Balaban J connectivity index is 2.67. The van der Waals surface area contributed by atoms with E-state index in [9.17, 15) is 5.11 Å². The molecule has 0 aromatic heterocycles. The van der Waals surface area contributed by atoms with Crippen molar-refractivity contribution in [2.24, 2.45) is 5.92 Å². The number of hydrogen-bond acceptors (Lipinski definition) is 2. The Morgan fingerprint density at radius 2 is 2.08 bits per heavy atom. The van der Waals surface area contributed by atoms with E-state index in [2.05, 4.69) is 32.7 Å². The molecule has 1 aliphatic heterocycles. The van der Waals surface area contributed by atoms with Crippen LogP contribution in [-0.4, -0.2) is 35.2 Å². The molecule has 0 aromatic carbocycles. The molecule has 1 aliphatic rings. The van der Waals surface area contributed by atoms with Crippen molar-refractivity contribution in [2.75, 3.05) is 13.6 Å². The molecule has 0 spiro atoms. The predicted molar refractivity (Wildman–Crippen MR) is 51.1 cm³/mol. The fourth-order valence-electron chi connectivity index (χ4n) is 2.14. The lowest BCUT2D eigenvalue weighted by Gasteiger charge is -2.45. The zero-order valence-corrected chi connectivity index (χ0v) is 8.67. The largest absolute Gasteiger partial charge is 0.390 e. The monoisotopic (exact) mass is 171 g/mol. The van der Waals surface area contributed by atoms with E-state index in [-0.39, 0.29) is 0 Å². The van der Waals surface area contributed by atoms with Crippen LogP contribution in [0.4, 0.5) is 0 Å². The number of piperidine rings is 1. The number of rotatable bonds is 1. The van der Waals surface area contributed by atoms with Gasteiger partial charge in [-0.05, 0) is 32.7 Å². The summed E-state index contributed by atoms with van der Waals surface area (Å²) in [4.78, 5) is 2.33. The molecule has 1 heterocycles. The van der Waals surface area contributed by atoms with E-state index in [4.69, 9.17) is 0 Å². The lowest BCUT2D eigenvalue weighted by Crippen LogP contribution is -2.53. The topological polar surface area (TPSA) is 23.5 Å². The van der Waals surface area contributed by atoms with Crippen LogP contribution in [0.2, 0.25) is 0 Å². The van der Waals surface area contributed by atoms with Gasteiger partial charge >= 0.3 is 0 Å². The zero-order chi connectivity index (χ0) is 9.35. The van der Waals surface area contributed by atoms with Crippen molar-refractivity contribution in [3.63, 3.8) is 0 Å². The number of likely N-dealkylation sites (tertiary alicyclic amines) is 1. The highest BCUT2D eigenvalue weighted by Gasteiger charge is 2.39. The van der Waals surface area contributed by atoms with Crippen LogP contribution in [0.15, 0.2) is 0 Å². The third-order valence-electron chi connectivity index (χ3n) is 3.49. The summed E-state index contributed by atoms with van der Waals surface area (Å²) in [5.41, 5.74) is -0.411. The highest BCUT2D eigenvalue weighted by atomic mass is 16.3. The Morgan fingerprint density at radius 1 is 1.50 bits per heavy atom. The van der Waals surface area contributed by atoms with Gasteiger partial charge < -0.3 is 10.0 Å². The van der Waals surface area contributed by atoms with Gasteiger partial charge in [0.05, 0.1) is 5.60 Å². The van der Waals surface area contributed by atoms with Crippen LogP contribution in [0.1, 0.15) is 33.6 Å². The van der Waals surface area contributed by atoms with Crippen LogP contribution in [0, 0.1) is 5.92 Å². The molecule has 1 saturated heterocycles. The van der Waals surface area contributed by atoms with E-state index in [0.29, 0.717) is 12.0 Å². The maximum absolute atomic E-state index is 10.2. The van der Waals surface area contributed by atoms with Crippen molar-refractivity contribution in [1.29, 1.82) is 0 Å². The van der Waals surface area contributed by atoms with Gasteiger partial charge in [-0.1, -0.05) is 13.8 Å². The van der Waals surface area contributed by atoms with Gasteiger partial charge in [0.2, 0.25) is 0 Å². The standard InChI is InChI=1S/C10H21NO/c1-5-10(12)6-9(3)11(4)7-8(10)2/h8-9,12H,5-7H2,1-4H3/t8-,9+,10-/m0/s1. The summed E-state index contributed by atoms with van der Waals surface area (Å²) in [6.45, 7) is 7.43. The van der Waals surface area contributed by atoms with E-state index >= 15 is 0 Å². The van der Waals surface area contributed by atoms with E-state index in [1.807, 2.05) is 0 Å². The zero-order valence-electron chi connectivity index (χ0n) is 8.67. The van der Waals surface area contributed by atoms with E-state index in [1.165, 1.54) is 0 Å². The first-order chi connectivity index (χ1) is 5.49. The molecule has 0 unspecified atom stereocenters. The summed E-state index contributed by atoms with van der Waals surface area (Å²) in [5.74, 6) is 0.406. The first-order valence-corrected chi connectivity index (χ1v) is 4.92. The van der Waals surface area contributed by atoms with Crippen LogP contribution in [0.25, 0.3) is 0 Å². The Bertz CT molecular complexity index is 160. The molecule has 3 atom stereocenters. The Labute approximate surface area is 75.6 Å². The third kappa shape index (κ3) is 1.64. The predicted octanol–water partition coefficient (Wildman–Crippen LogP) is 1.49. The van der Waals surface area contributed by atoms with Crippen LogP contribution in [-0.2, 0) is 0 Å². The van der Waals surface area contributed by atoms with Gasteiger partial charge in [0.15, 0.2) is 0 Å². The maximum Gasteiger partial charge on any atom is 0.0697 e. The molecule has 0 aliphatic carbocycles. The summed E-state index contributed by atoms with van der Waals surface area (Å²) in [5, 5.41) is 10.2. The van der Waals surface area contributed by atoms with E-state index in [0.717, 1.165) is 19.4 Å². The summed E-state index contributed by atoms with van der Waals surface area (Å²) in [6, 6.07) is 0.520. The SMILES string of the molecule is CC[C@]1(O)C[C@@H](C)N(C)C[C@@H]1C. The van der Waals surface area contributed by atoms with Crippen LogP contribution in [0.5, 0.6) is 0 Å². The van der Waals surface area contributed by atoms with Crippen LogP contribution < -0.4 is 0 Å². The van der Waals surface area contributed by atoms with Crippen molar-refractivity contribution in [1.82, 2.24) is 4.90 Å². The van der Waals surface area contributed by atoms with Gasteiger partial charge in [-0.3, -0.25) is 0 Å². The molecule has 0 aromatic rings. The third-order valence-corrected chi connectivity index (χ3v) is 3.49. The Morgan fingerprint density at radius 3 is 2.58 bits per heavy atom. The maximum atomic E-state index is 10.2. The smallest absolute Gasteiger partial charge is 0.0697 e. The Hall–Kier alpha value is -0.0800. The quantitative estimate of drug-likeness (QED) is 0.646. The summed E-state index contributed by atoms with van der Waals surface area (Å²) >= 11 is 0. The molecule has 0 radical (unpaired) electrons. The normalized spacial score (nSPS) is 44.8. The van der Waals surface area contributed by atoms with Crippen LogP contribution in [0.3, 0.4) is 0 Å². The molecule has 0 saturated carbocycles. The molecule has 72 valence electrons. The van der Waals surface area contributed by atoms with Crippen molar-refractivity contribution in [3.8, 4) is 0 Å². The molecule has 1 rings (SSSR count). The van der Waals surface area contributed by atoms with Crippen molar-refractivity contribution >= 4 is 0 Å². The number of aliphatic hydroxyl groups is 1. The molecular weight excluding hydrogens is 150 g/mol. The van der Waals surface area contributed by atoms with Gasteiger partial charge in [0.25, 0.3) is 0 Å². The van der Waals surface area contributed by atoms with Gasteiger partial charge in [-0.25, -0.2) is 0 Å². The van der Waals surface area contributed by atoms with Gasteiger partial charge in [0.1, 0.15) is 0 Å². The average Bonchev–Trinajstić information content (AvgIpc) is 2.01. The lowest BCUT2D eigenvalue weighted by atomic mass is 9.77. The molecular formula is C10H21NO. The average molecular weight is 171 g/mol. The van der Waals surface area contributed by atoms with Gasteiger partial charge in [-0.15, -0.1) is 0 Å². The molecule has 1 N–H and O–H groups in total. The second kappa shape index (κ2) is 3.35. The number of hydrogen-bond donors (Lipinski definition) is 1. The molecule has 1 fully saturated rings. The minimum Gasteiger partial charge on any atom is -0.390 e. The second-order valence-electron chi connectivity index (χ2n) is 4.35. The molecule has 0 bridgehead atoms. The first-order valence-electron chi connectivity index (χ1n) is 4.92. The summed E-state index contributed by atoms with van der Waals surface area (Å²) < 4.78 is 0. The molecule has 0 amide bonds. The van der Waals surface area contributed by atoms with Crippen molar-refractivity contribution in [3.05, 3.63) is 0 Å². The van der Waals surface area contributed by atoms with E-state index < -0.39 is 5.60 Å². The summed E-state index contributed by atoms with van der Waals surface area (Å²) in [6.07, 6.45) is 1.80. The number of nitrogens with zero attached hydrogens (tertiary/aromatic N) is 1. The molecule has 12 heavy (non-hydrogen) atoms. The van der Waals surface area contributed by atoms with Crippen molar-refractivity contribution in [2.45, 2.75) is 45.3 Å². The fraction of sp³-hybridized carbons (Fsp3) is 1.00. The first kappa shape index (κ1) is 10.0. The van der Waals surface area contributed by atoms with Crippen molar-refractivity contribution < 1.29 is 5.11 Å². The second-order valence-corrected chi connectivity index (χ2v) is 4.35. The van der Waals surface area contributed by atoms with Gasteiger partial charge in [-0.2, -0.15) is 0 Å². The summed E-state index contributed by atoms with van der Waals surface area (Å²) in [7, 11) is 2.14. The van der Waals surface area contributed by atoms with E-state index in [1.54, 1.807) is 0 Å². The Kier molecular flexibility index (Phi) is 2.79. The van der Waals surface area contributed by atoms with Gasteiger partial charge in [0, 0.05) is 12.6 Å². The minimum absolute atomic E-state index is 0.406. The molecule has 2 heteroatoms. The van der Waals surface area contributed by atoms with Crippen LogP contribution >= 0.6 is 0 Å². The minimum atomic E-state index is -0.411. The fourth-order valence-corrected chi connectivity index (χ4v) is 2.14.